The zero-order chi connectivity index (χ0) is 15.9. The van der Waals surface area contributed by atoms with Crippen LogP contribution in [0.25, 0.3) is 0 Å². The van der Waals surface area contributed by atoms with E-state index in [1.807, 2.05) is 31.3 Å². The molecule has 3 nitrogen and oxygen atoms in total. The van der Waals surface area contributed by atoms with Gasteiger partial charge in [0.1, 0.15) is 0 Å². The molecule has 0 unspecified atom stereocenters. The van der Waals surface area contributed by atoms with Gasteiger partial charge in [-0.2, -0.15) is 0 Å². The van der Waals surface area contributed by atoms with Gasteiger partial charge in [-0.25, -0.2) is 0 Å². The van der Waals surface area contributed by atoms with Crippen molar-refractivity contribution in [1.82, 2.24) is 9.80 Å². The molecule has 0 saturated carbocycles. The molecular weight excluding hydrogens is 290 g/mol. The number of piperidine rings is 1. The summed E-state index contributed by atoms with van der Waals surface area (Å²) in [6.07, 6.45) is 8.33. The summed E-state index contributed by atoms with van der Waals surface area (Å²) in [5.74, 6) is 0.654. The Bertz CT molecular complexity index is 541. The summed E-state index contributed by atoms with van der Waals surface area (Å²) in [6.45, 7) is 2.07. The van der Waals surface area contributed by atoms with E-state index in [1.54, 1.807) is 0 Å². The first-order valence-electron chi connectivity index (χ1n) is 7.72. The highest BCUT2D eigenvalue weighted by Gasteiger charge is 2.21. The minimum atomic E-state index is 0.434. The first kappa shape index (κ1) is 16.6. The molecule has 2 N–H and O–H groups in total. The van der Waals surface area contributed by atoms with Crippen molar-refractivity contribution in [3.05, 3.63) is 59.9 Å². The number of nitrogens with zero attached hydrogens (tertiary/aromatic N) is 2. The summed E-state index contributed by atoms with van der Waals surface area (Å²) in [6, 6.07) is 10.8. The normalized spacial score (nSPS) is 17.0. The second-order valence-corrected chi connectivity index (χ2v) is 6.39. The lowest BCUT2D eigenvalue weighted by Crippen LogP contribution is -2.32. The second kappa shape index (κ2) is 7.99. The lowest BCUT2D eigenvalue weighted by Gasteiger charge is -2.34. The van der Waals surface area contributed by atoms with Crippen LogP contribution in [0.2, 0.25) is 0 Å². The molecular formula is C18H25N3S. The number of rotatable bonds is 5. The number of thiocarbonyl (C=S) groups is 1. The van der Waals surface area contributed by atoms with Crippen molar-refractivity contribution in [2.24, 2.45) is 5.73 Å². The predicted molar refractivity (Wildman–Crippen MR) is 97.7 cm³/mol. The average Bonchev–Trinajstić information content (AvgIpc) is 2.52. The molecule has 0 aromatic heterocycles. The van der Waals surface area contributed by atoms with Gasteiger partial charge in [0, 0.05) is 39.1 Å². The van der Waals surface area contributed by atoms with Gasteiger partial charge in [0.2, 0.25) is 0 Å². The highest BCUT2D eigenvalue weighted by atomic mass is 32.1. The summed E-state index contributed by atoms with van der Waals surface area (Å²) >= 11 is 5.05. The maximum absolute atomic E-state index is 5.71. The van der Waals surface area contributed by atoms with Crippen LogP contribution >= 0.6 is 12.2 Å². The van der Waals surface area contributed by atoms with E-state index in [2.05, 4.69) is 41.3 Å². The van der Waals surface area contributed by atoms with Gasteiger partial charge in [-0.05, 0) is 36.5 Å². The molecule has 0 spiro atoms. The first-order valence-corrected chi connectivity index (χ1v) is 8.12. The van der Waals surface area contributed by atoms with Gasteiger partial charge in [0.15, 0.2) is 0 Å². The fourth-order valence-electron chi connectivity index (χ4n) is 2.81. The molecule has 1 aromatic carbocycles. The van der Waals surface area contributed by atoms with E-state index in [0.717, 1.165) is 31.6 Å². The Balaban J connectivity index is 2.03. The number of likely N-dealkylation sites (tertiary alicyclic amines) is 1. The summed E-state index contributed by atoms with van der Waals surface area (Å²) in [7, 11) is 4.02. The molecule has 1 heterocycles. The average molecular weight is 315 g/mol. The lowest BCUT2D eigenvalue weighted by molar-refractivity contribution is 0.270. The summed E-state index contributed by atoms with van der Waals surface area (Å²) in [5, 5.41) is 0. The Labute approximate surface area is 139 Å². The first-order chi connectivity index (χ1) is 10.6. The number of hydrogen-bond acceptors (Lipinski definition) is 3. The molecule has 1 saturated heterocycles. The zero-order valence-corrected chi connectivity index (χ0v) is 14.2. The zero-order valence-electron chi connectivity index (χ0n) is 13.4. The summed E-state index contributed by atoms with van der Waals surface area (Å²) in [5.41, 5.74) is 8.26. The third-order valence-corrected chi connectivity index (χ3v) is 4.08. The van der Waals surface area contributed by atoms with Crippen LogP contribution in [0.5, 0.6) is 0 Å². The molecule has 0 aliphatic carbocycles. The van der Waals surface area contributed by atoms with E-state index >= 15 is 0 Å². The van der Waals surface area contributed by atoms with E-state index in [9.17, 15) is 0 Å². The van der Waals surface area contributed by atoms with Crippen LogP contribution in [-0.4, -0.2) is 42.0 Å². The SMILES string of the molecule is CN(C)/C=C/C(=C\C(N)=S)N1CCC(c2ccccc2)CC1. The summed E-state index contributed by atoms with van der Waals surface area (Å²) < 4.78 is 0. The van der Waals surface area contributed by atoms with Crippen molar-refractivity contribution in [2.45, 2.75) is 18.8 Å². The van der Waals surface area contributed by atoms with Crippen LogP contribution in [0.15, 0.2) is 54.4 Å². The molecule has 4 heteroatoms. The van der Waals surface area contributed by atoms with Gasteiger partial charge in [0.05, 0.1) is 4.99 Å². The van der Waals surface area contributed by atoms with E-state index in [1.165, 1.54) is 5.56 Å². The second-order valence-electron chi connectivity index (χ2n) is 5.92. The lowest BCUT2D eigenvalue weighted by atomic mass is 9.89. The molecule has 0 radical (unpaired) electrons. The van der Waals surface area contributed by atoms with Gasteiger partial charge < -0.3 is 15.5 Å². The Kier molecular flexibility index (Phi) is 6.01. The summed E-state index contributed by atoms with van der Waals surface area (Å²) in [4.78, 5) is 4.83. The minimum absolute atomic E-state index is 0.434. The third kappa shape index (κ3) is 4.88. The molecule has 1 aliphatic rings. The van der Waals surface area contributed by atoms with Crippen LogP contribution in [0.4, 0.5) is 0 Å². The van der Waals surface area contributed by atoms with Gasteiger partial charge in [-0.1, -0.05) is 42.5 Å². The molecule has 0 amide bonds. The van der Waals surface area contributed by atoms with E-state index in [-0.39, 0.29) is 0 Å². The topological polar surface area (TPSA) is 32.5 Å². The highest BCUT2D eigenvalue weighted by molar-refractivity contribution is 7.80. The largest absolute Gasteiger partial charge is 0.390 e. The van der Waals surface area contributed by atoms with E-state index in [4.69, 9.17) is 18.0 Å². The van der Waals surface area contributed by atoms with Crippen molar-refractivity contribution in [1.29, 1.82) is 0 Å². The Morgan fingerprint density at radius 2 is 1.86 bits per heavy atom. The fourth-order valence-corrected chi connectivity index (χ4v) is 2.93. The molecule has 1 aliphatic heterocycles. The van der Waals surface area contributed by atoms with Crippen molar-refractivity contribution < 1.29 is 0 Å². The Morgan fingerprint density at radius 1 is 1.23 bits per heavy atom. The molecule has 1 aromatic rings. The molecule has 2 rings (SSSR count). The Morgan fingerprint density at radius 3 is 2.41 bits per heavy atom. The molecule has 22 heavy (non-hydrogen) atoms. The fraction of sp³-hybridized carbons (Fsp3) is 0.389. The van der Waals surface area contributed by atoms with Crippen LogP contribution in [0.3, 0.4) is 0 Å². The highest BCUT2D eigenvalue weighted by Crippen LogP contribution is 2.29. The predicted octanol–water partition coefficient (Wildman–Crippen LogP) is 3.11. The minimum Gasteiger partial charge on any atom is -0.390 e. The molecule has 0 bridgehead atoms. The van der Waals surface area contributed by atoms with Crippen LogP contribution in [0, 0.1) is 0 Å². The number of hydrogen-bond donors (Lipinski definition) is 1. The molecule has 118 valence electrons. The van der Waals surface area contributed by atoms with Gasteiger partial charge >= 0.3 is 0 Å². The third-order valence-electron chi connectivity index (χ3n) is 3.96. The smallest absolute Gasteiger partial charge is 0.0982 e. The van der Waals surface area contributed by atoms with E-state index < -0.39 is 0 Å². The number of allylic oxidation sites excluding steroid dienone is 1. The maximum Gasteiger partial charge on any atom is 0.0982 e. The van der Waals surface area contributed by atoms with Gasteiger partial charge in [0.25, 0.3) is 0 Å². The van der Waals surface area contributed by atoms with Crippen LogP contribution in [0.1, 0.15) is 24.3 Å². The number of nitrogens with two attached hydrogens (primary N) is 1. The van der Waals surface area contributed by atoms with Crippen LogP contribution in [-0.2, 0) is 0 Å². The number of benzene rings is 1. The molecule has 1 fully saturated rings. The standard InChI is InChI=1S/C18H25N3S/c1-20(2)11-10-17(14-18(19)22)21-12-8-16(9-13-21)15-6-4-3-5-7-15/h3-7,10-11,14,16H,8-9,12-13H2,1-2H3,(H2,19,22)/b11-10+,17-14+. The van der Waals surface area contributed by atoms with Crippen LogP contribution < -0.4 is 5.73 Å². The molecule has 0 atom stereocenters. The van der Waals surface area contributed by atoms with Gasteiger partial charge in [-0.3, -0.25) is 0 Å². The van der Waals surface area contributed by atoms with Crippen molar-refractivity contribution >= 4 is 17.2 Å². The quantitative estimate of drug-likeness (QED) is 0.514. The monoisotopic (exact) mass is 315 g/mol. The van der Waals surface area contributed by atoms with Crippen molar-refractivity contribution in [3.8, 4) is 0 Å². The maximum atomic E-state index is 5.71. The van der Waals surface area contributed by atoms with E-state index in [0.29, 0.717) is 10.9 Å². The Hall–Kier alpha value is -1.81. The van der Waals surface area contributed by atoms with Gasteiger partial charge in [-0.15, -0.1) is 0 Å². The van der Waals surface area contributed by atoms with Crippen molar-refractivity contribution in [3.63, 3.8) is 0 Å². The van der Waals surface area contributed by atoms with Crippen molar-refractivity contribution in [2.75, 3.05) is 27.2 Å².